The Morgan fingerprint density at radius 2 is 1.13 bits per heavy atom. The lowest BCUT2D eigenvalue weighted by molar-refractivity contribution is -0.146. The van der Waals surface area contributed by atoms with E-state index in [1.807, 2.05) is 30.3 Å². The van der Waals surface area contributed by atoms with Crippen LogP contribution >= 0.6 is 0 Å². The van der Waals surface area contributed by atoms with Gasteiger partial charge in [0, 0.05) is 0 Å². The van der Waals surface area contributed by atoms with Crippen molar-refractivity contribution in [2.24, 2.45) is 0 Å². The van der Waals surface area contributed by atoms with E-state index >= 15 is 0 Å². The van der Waals surface area contributed by atoms with Gasteiger partial charge in [0.05, 0.1) is 59.3 Å². The van der Waals surface area contributed by atoms with E-state index in [4.69, 9.17) is 18.9 Å². The van der Waals surface area contributed by atoms with Crippen molar-refractivity contribution in [3.8, 4) is 0 Å². The highest BCUT2D eigenvalue weighted by Crippen LogP contribution is 2.18. The molecule has 0 fully saturated rings. The van der Waals surface area contributed by atoms with Crippen LogP contribution in [0.1, 0.15) is 12.0 Å². The third-order valence-corrected chi connectivity index (χ3v) is 2.76. The van der Waals surface area contributed by atoms with Crippen LogP contribution in [0.2, 0.25) is 0 Å². The molecule has 0 saturated carbocycles. The summed E-state index contributed by atoms with van der Waals surface area (Å²) in [6.07, 6.45) is -5.10. The molecule has 4 nitrogen and oxygen atoms in total. The van der Waals surface area contributed by atoms with Crippen molar-refractivity contribution < 1.29 is 32.1 Å². The van der Waals surface area contributed by atoms with Crippen LogP contribution in [0.5, 0.6) is 0 Å². The number of alkyl halides is 3. The molecule has 0 aliphatic rings. The van der Waals surface area contributed by atoms with E-state index in [2.05, 4.69) is 0 Å². The van der Waals surface area contributed by atoms with Gasteiger partial charge < -0.3 is 18.9 Å². The molecule has 0 bridgehead atoms. The number of rotatable bonds is 13. The number of halogens is 3. The van der Waals surface area contributed by atoms with Gasteiger partial charge in [0.2, 0.25) is 0 Å². The van der Waals surface area contributed by atoms with Crippen LogP contribution in [0.15, 0.2) is 30.3 Å². The normalized spacial score (nSPS) is 11.8. The quantitative estimate of drug-likeness (QED) is 0.518. The van der Waals surface area contributed by atoms with Crippen LogP contribution in [0.3, 0.4) is 0 Å². The zero-order valence-corrected chi connectivity index (χ0v) is 13.0. The zero-order chi connectivity index (χ0) is 16.8. The first kappa shape index (κ1) is 19.9. The minimum absolute atomic E-state index is 0.149. The van der Waals surface area contributed by atoms with Crippen LogP contribution in [-0.4, -0.2) is 52.4 Å². The third kappa shape index (κ3) is 13.0. The predicted octanol–water partition coefficient (Wildman–Crippen LogP) is 3.21. The molecule has 7 heteroatoms. The summed E-state index contributed by atoms with van der Waals surface area (Å²) >= 11 is 0. The fourth-order valence-corrected chi connectivity index (χ4v) is 1.61. The van der Waals surface area contributed by atoms with Crippen LogP contribution in [0.25, 0.3) is 0 Å². The maximum atomic E-state index is 11.8. The Kier molecular flexibility index (Phi) is 10.6. The summed E-state index contributed by atoms with van der Waals surface area (Å²) in [6, 6.07) is 9.85. The Labute approximate surface area is 134 Å². The molecule has 0 saturated heterocycles. The van der Waals surface area contributed by atoms with Gasteiger partial charge in [0.15, 0.2) is 0 Å². The molecule has 0 heterocycles. The molecule has 0 spiro atoms. The summed E-state index contributed by atoms with van der Waals surface area (Å²) < 4.78 is 56.2. The lowest BCUT2D eigenvalue weighted by atomic mass is 10.2. The van der Waals surface area contributed by atoms with Gasteiger partial charge in [-0.25, -0.2) is 0 Å². The second-order valence-electron chi connectivity index (χ2n) is 4.74. The van der Waals surface area contributed by atoms with Crippen molar-refractivity contribution in [2.45, 2.75) is 19.2 Å². The van der Waals surface area contributed by atoms with E-state index < -0.39 is 12.6 Å². The maximum absolute atomic E-state index is 11.8. The van der Waals surface area contributed by atoms with Crippen molar-refractivity contribution in [3.63, 3.8) is 0 Å². The number of hydrogen-bond donors (Lipinski definition) is 0. The van der Waals surface area contributed by atoms with Gasteiger partial charge in [-0.3, -0.25) is 0 Å². The molecule has 0 aliphatic carbocycles. The first-order valence-electron chi connectivity index (χ1n) is 7.49. The van der Waals surface area contributed by atoms with E-state index in [0.717, 1.165) is 5.56 Å². The van der Waals surface area contributed by atoms with E-state index in [9.17, 15) is 13.2 Å². The topological polar surface area (TPSA) is 36.9 Å². The fraction of sp³-hybridized carbons (Fsp3) is 0.625. The third-order valence-electron chi connectivity index (χ3n) is 2.76. The largest absolute Gasteiger partial charge is 0.391 e. The molecule has 0 N–H and O–H groups in total. The van der Waals surface area contributed by atoms with Gasteiger partial charge in [-0.15, -0.1) is 0 Å². The number of benzene rings is 1. The zero-order valence-electron chi connectivity index (χ0n) is 13.0. The highest BCUT2D eigenvalue weighted by Gasteiger charge is 2.26. The average molecular weight is 336 g/mol. The van der Waals surface area contributed by atoms with Crippen molar-refractivity contribution in [2.75, 3.05) is 46.2 Å². The van der Waals surface area contributed by atoms with Crippen LogP contribution in [0, 0.1) is 0 Å². The Balaban J connectivity index is 1.76. The summed E-state index contributed by atoms with van der Waals surface area (Å²) in [4.78, 5) is 0. The van der Waals surface area contributed by atoms with Gasteiger partial charge in [0.1, 0.15) is 0 Å². The Morgan fingerprint density at radius 3 is 1.65 bits per heavy atom. The van der Waals surface area contributed by atoms with Gasteiger partial charge in [-0.05, 0) is 5.56 Å². The van der Waals surface area contributed by atoms with Crippen molar-refractivity contribution in [3.05, 3.63) is 35.9 Å². The van der Waals surface area contributed by atoms with Gasteiger partial charge in [0.25, 0.3) is 0 Å². The molecular formula is C16H23F3O4. The second-order valence-corrected chi connectivity index (χ2v) is 4.74. The predicted molar refractivity (Wildman–Crippen MR) is 79.2 cm³/mol. The van der Waals surface area contributed by atoms with Crippen molar-refractivity contribution in [1.29, 1.82) is 0 Å². The monoisotopic (exact) mass is 336 g/mol. The lowest BCUT2D eigenvalue weighted by Crippen LogP contribution is -2.15. The molecule has 0 aliphatic heterocycles. The maximum Gasteiger partial charge on any atom is 0.391 e. The van der Waals surface area contributed by atoms with Crippen LogP contribution < -0.4 is 0 Å². The van der Waals surface area contributed by atoms with E-state index in [1.54, 1.807) is 0 Å². The molecule has 1 aromatic rings. The highest BCUT2D eigenvalue weighted by atomic mass is 19.4. The molecule has 0 aromatic heterocycles. The molecule has 1 aromatic carbocycles. The Hall–Kier alpha value is -1.15. The smallest absolute Gasteiger partial charge is 0.379 e. The molecular weight excluding hydrogens is 313 g/mol. The van der Waals surface area contributed by atoms with Gasteiger partial charge >= 0.3 is 6.18 Å². The molecule has 23 heavy (non-hydrogen) atoms. The summed E-state index contributed by atoms with van der Waals surface area (Å²) in [5.41, 5.74) is 1.11. The fourth-order valence-electron chi connectivity index (χ4n) is 1.61. The number of ether oxygens (including phenoxy) is 4. The highest BCUT2D eigenvalue weighted by molar-refractivity contribution is 5.13. The van der Waals surface area contributed by atoms with Crippen LogP contribution in [-0.2, 0) is 25.6 Å². The SMILES string of the molecule is FC(F)(F)CCOCCOCCOCCOCc1ccccc1. The minimum Gasteiger partial charge on any atom is -0.379 e. The first-order valence-corrected chi connectivity index (χ1v) is 7.49. The molecule has 132 valence electrons. The summed E-state index contributed by atoms with van der Waals surface area (Å²) in [5, 5.41) is 0. The van der Waals surface area contributed by atoms with Crippen LogP contribution in [0.4, 0.5) is 13.2 Å². The average Bonchev–Trinajstić information content (AvgIpc) is 2.52. The molecule has 0 radical (unpaired) electrons. The van der Waals surface area contributed by atoms with Gasteiger partial charge in [-0.2, -0.15) is 13.2 Å². The molecule has 1 rings (SSSR count). The minimum atomic E-state index is -4.17. The molecule has 0 unspecified atom stereocenters. The lowest BCUT2D eigenvalue weighted by Gasteiger charge is -2.08. The van der Waals surface area contributed by atoms with Crippen molar-refractivity contribution >= 4 is 0 Å². The summed E-state index contributed by atoms with van der Waals surface area (Å²) in [6.45, 7) is 2.38. The summed E-state index contributed by atoms with van der Waals surface area (Å²) in [7, 11) is 0. The standard InChI is InChI=1S/C16H23F3O4/c17-16(18,19)6-7-20-8-9-21-10-11-22-12-13-23-14-15-4-2-1-3-5-15/h1-5H,6-14H2. The first-order chi connectivity index (χ1) is 11.1. The molecule has 0 amide bonds. The number of hydrogen-bond acceptors (Lipinski definition) is 4. The van der Waals surface area contributed by atoms with Crippen molar-refractivity contribution in [1.82, 2.24) is 0 Å². The van der Waals surface area contributed by atoms with Gasteiger partial charge in [-0.1, -0.05) is 30.3 Å². The Morgan fingerprint density at radius 1 is 0.652 bits per heavy atom. The second kappa shape index (κ2) is 12.3. The Bertz CT molecular complexity index is 385. The molecule has 0 atom stereocenters. The van der Waals surface area contributed by atoms with E-state index in [-0.39, 0.29) is 19.8 Å². The van der Waals surface area contributed by atoms with E-state index in [0.29, 0.717) is 33.0 Å². The summed E-state index contributed by atoms with van der Waals surface area (Å²) in [5.74, 6) is 0. The van der Waals surface area contributed by atoms with E-state index in [1.165, 1.54) is 0 Å².